The first kappa shape index (κ1) is 22.8. The second-order valence-electron chi connectivity index (χ2n) is 6.90. The number of nitrogens with zero attached hydrogens (tertiary/aromatic N) is 3. The zero-order valence-corrected chi connectivity index (χ0v) is 20.0. The van der Waals surface area contributed by atoms with Crippen LogP contribution >= 0.6 is 27.5 Å². The molecule has 0 saturated heterocycles. The van der Waals surface area contributed by atoms with Crippen LogP contribution in [0.2, 0.25) is 5.02 Å². The summed E-state index contributed by atoms with van der Waals surface area (Å²) in [5.74, 6) is 1.24. The van der Waals surface area contributed by atoms with Gasteiger partial charge in [-0.3, -0.25) is 4.79 Å². The third-order valence-electron chi connectivity index (χ3n) is 4.82. The number of ether oxygens (including phenoxy) is 2. The molecule has 3 aromatic carbocycles. The molecule has 0 bridgehead atoms. The SMILES string of the molecule is C=CCOc1c(OC)cc(C=Nn2c(-c3ccccc3)nc3ccccc3c2=O)c(Br)c1Cl. The third kappa shape index (κ3) is 4.55. The lowest BCUT2D eigenvalue weighted by Crippen LogP contribution is -2.20. The van der Waals surface area contributed by atoms with E-state index < -0.39 is 0 Å². The molecule has 0 aliphatic carbocycles. The van der Waals surface area contributed by atoms with Crippen LogP contribution < -0.4 is 15.0 Å². The zero-order chi connectivity index (χ0) is 23.4. The van der Waals surface area contributed by atoms with E-state index >= 15 is 0 Å². The summed E-state index contributed by atoms with van der Waals surface area (Å²) in [5.41, 5.74) is 1.68. The number of para-hydroxylation sites is 1. The van der Waals surface area contributed by atoms with Crippen LogP contribution in [0.4, 0.5) is 0 Å². The highest BCUT2D eigenvalue weighted by atomic mass is 79.9. The monoisotopic (exact) mass is 523 g/mol. The van der Waals surface area contributed by atoms with Crippen LogP contribution in [0.1, 0.15) is 5.56 Å². The normalized spacial score (nSPS) is 11.1. The van der Waals surface area contributed by atoms with Crippen molar-refractivity contribution in [3.8, 4) is 22.9 Å². The van der Waals surface area contributed by atoms with E-state index in [4.69, 9.17) is 26.1 Å². The van der Waals surface area contributed by atoms with Crippen molar-refractivity contribution in [2.75, 3.05) is 13.7 Å². The Morgan fingerprint density at radius 3 is 2.64 bits per heavy atom. The van der Waals surface area contributed by atoms with E-state index in [9.17, 15) is 4.79 Å². The average molecular weight is 525 g/mol. The fourth-order valence-corrected chi connectivity index (χ4v) is 3.91. The van der Waals surface area contributed by atoms with Crippen molar-refractivity contribution in [1.29, 1.82) is 0 Å². The predicted molar refractivity (Wildman–Crippen MR) is 136 cm³/mol. The summed E-state index contributed by atoms with van der Waals surface area (Å²) in [6.45, 7) is 3.92. The fraction of sp³-hybridized carbons (Fsp3) is 0.0800. The second-order valence-corrected chi connectivity index (χ2v) is 8.08. The maximum atomic E-state index is 13.3. The van der Waals surface area contributed by atoms with E-state index in [1.54, 1.807) is 30.3 Å². The molecule has 1 heterocycles. The first-order valence-corrected chi connectivity index (χ1v) is 11.1. The van der Waals surface area contributed by atoms with E-state index in [2.05, 4.69) is 27.6 Å². The van der Waals surface area contributed by atoms with Gasteiger partial charge in [-0.1, -0.05) is 66.7 Å². The van der Waals surface area contributed by atoms with E-state index in [0.717, 1.165) is 5.56 Å². The van der Waals surface area contributed by atoms with E-state index in [1.807, 2.05) is 36.4 Å². The molecule has 0 spiro atoms. The minimum absolute atomic E-state index is 0.272. The Morgan fingerprint density at radius 2 is 1.91 bits per heavy atom. The largest absolute Gasteiger partial charge is 0.493 e. The average Bonchev–Trinajstić information content (AvgIpc) is 2.85. The Morgan fingerprint density at radius 1 is 1.18 bits per heavy atom. The Labute approximate surface area is 203 Å². The predicted octanol–water partition coefficient (Wildman–Crippen LogP) is 5.94. The minimum atomic E-state index is -0.282. The number of hydrogen-bond acceptors (Lipinski definition) is 5. The molecule has 0 amide bonds. The molecule has 0 aliphatic rings. The van der Waals surface area contributed by atoms with Gasteiger partial charge in [-0.05, 0) is 34.1 Å². The molecule has 4 aromatic rings. The quantitative estimate of drug-likeness (QED) is 0.222. The topological polar surface area (TPSA) is 65.7 Å². The number of hydrogen-bond donors (Lipinski definition) is 0. The molecule has 33 heavy (non-hydrogen) atoms. The molecule has 0 N–H and O–H groups in total. The molecule has 0 unspecified atom stereocenters. The lowest BCUT2D eigenvalue weighted by atomic mass is 10.2. The molecule has 0 atom stereocenters. The van der Waals surface area contributed by atoms with Crippen molar-refractivity contribution < 1.29 is 9.47 Å². The molecule has 6 nitrogen and oxygen atoms in total. The summed E-state index contributed by atoms with van der Waals surface area (Å²) in [7, 11) is 1.52. The summed E-state index contributed by atoms with van der Waals surface area (Å²) in [6.07, 6.45) is 3.14. The summed E-state index contributed by atoms with van der Waals surface area (Å²) in [5, 5.41) is 5.28. The van der Waals surface area contributed by atoms with Crippen molar-refractivity contribution in [2.45, 2.75) is 0 Å². The maximum absolute atomic E-state index is 13.3. The molecule has 0 radical (unpaired) electrons. The molecular weight excluding hydrogens is 506 g/mol. The van der Waals surface area contributed by atoms with Gasteiger partial charge < -0.3 is 9.47 Å². The van der Waals surface area contributed by atoms with Crippen LogP contribution in [-0.2, 0) is 0 Å². The Hall–Kier alpha value is -3.42. The van der Waals surface area contributed by atoms with Crippen molar-refractivity contribution >= 4 is 44.6 Å². The zero-order valence-electron chi connectivity index (χ0n) is 17.7. The maximum Gasteiger partial charge on any atom is 0.282 e. The molecule has 0 fully saturated rings. The van der Waals surface area contributed by atoms with Crippen molar-refractivity contribution in [2.24, 2.45) is 5.10 Å². The molecule has 0 saturated carbocycles. The fourth-order valence-electron chi connectivity index (χ4n) is 3.25. The number of rotatable bonds is 7. The highest BCUT2D eigenvalue weighted by molar-refractivity contribution is 9.10. The molecule has 8 heteroatoms. The lowest BCUT2D eigenvalue weighted by Gasteiger charge is -2.14. The minimum Gasteiger partial charge on any atom is -0.493 e. The van der Waals surface area contributed by atoms with E-state index in [1.165, 1.54) is 18.0 Å². The summed E-state index contributed by atoms with van der Waals surface area (Å²) >= 11 is 10.0. The third-order valence-corrected chi connectivity index (χ3v) is 6.26. The molecular formula is C25H19BrClN3O3. The van der Waals surface area contributed by atoms with Gasteiger partial charge in [0.1, 0.15) is 11.6 Å². The van der Waals surface area contributed by atoms with Crippen molar-refractivity contribution in [3.63, 3.8) is 0 Å². The smallest absolute Gasteiger partial charge is 0.282 e. The standard InChI is InChI=1S/C25H19BrClN3O3/c1-3-13-33-23-20(32-2)14-17(21(26)22(23)27)15-28-30-24(16-9-5-4-6-10-16)29-19-12-8-7-11-18(19)25(30)31/h3-12,14-15H,1,13H2,2H3. The van der Waals surface area contributed by atoms with Crippen LogP contribution in [-0.4, -0.2) is 29.6 Å². The summed E-state index contributed by atoms with van der Waals surface area (Å²) < 4.78 is 12.9. The van der Waals surface area contributed by atoms with Crippen LogP contribution in [0.25, 0.3) is 22.3 Å². The molecule has 0 aliphatic heterocycles. The van der Waals surface area contributed by atoms with Crippen LogP contribution in [0.15, 0.2) is 87.7 Å². The van der Waals surface area contributed by atoms with Gasteiger partial charge in [0.25, 0.3) is 5.56 Å². The Kier molecular flexibility index (Phi) is 6.91. The van der Waals surface area contributed by atoms with Gasteiger partial charge in [-0.15, -0.1) is 0 Å². The summed E-state index contributed by atoms with van der Waals surface area (Å²) in [4.78, 5) is 18.0. The van der Waals surface area contributed by atoms with Crippen LogP contribution in [0.5, 0.6) is 11.5 Å². The first-order valence-electron chi connectivity index (χ1n) is 9.96. The Balaban J connectivity index is 1.88. The Bertz CT molecular complexity index is 1420. The van der Waals surface area contributed by atoms with Gasteiger partial charge in [-0.2, -0.15) is 9.78 Å². The van der Waals surface area contributed by atoms with Crippen molar-refractivity contribution in [3.05, 3.63) is 98.7 Å². The number of halogens is 2. The number of benzene rings is 3. The van der Waals surface area contributed by atoms with Crippen molar-refractivity contribution in [1.82, 2.24) is 9.66 Å². The number of methoxy groups -OCH3 is 1. The van der Waals surface area contributed by atoms with Gasteiger partial charge >= 0.3 is 0 Å². The highest BCUT2D eigenvalue weighted by Gasteiger charge is 2.17. The first-order chi connectivity index (χ1) is 16.0. The molecule has 1 aromatic heterocycles. The van der Waals surface area contributed by atoms with Crippen LogP contribution in [0.3, 0.4) is 0 Å². The van der Waals surface area contributed by atoms with Gasteiger partial charge in [-0.25, -0.2) is 4.98 Å². The van der Waals surface area contributed by atoms with E-state index in [-0.39, 0.29) is 12.2 Å². The number of aromatic nitrogens is 2. The van der Waals surface area contributed by atoms with E-state index in [0.29, 0.717) is 43.3 Å². The van der Waals surface area contributed by atoms with Gasteiger partial charge in [0.15, 0.2) is 17.3 Å². The number of fused-ring (bicyclic) bond motifs is 1. The van der Waals surface area contributed by atoms with Gasteiger partial charge in [0.2, 0.25) is 0 Å². The van der Waals surface area contributed by atoms with Gasteiger partial charge in [0, 0.05) is 15.6 Å². The summed E-state index contributed by atoms with van der Waals surface area (Å²) in [6, 6.07) is 18.3. The van der Waals surface area contributed by atoms with Crippen LogP contribution in [0, 0.1) is 0 Å². The molecule has 166 valence electrons. The molecule has 4 rings (SSSR count). The lowest BCUT2D eigenvalue weighted by molar-refractivity contribution is 0.326. The highest BCUT2D eigenvalue weighted by Crippen LogP contribution is 2.42. The second kappa shape index (κ2) is 10.0. The van der Waals surface area contributed by atoms with Gasteiger partial charge in [0.05, 0.1) is 24.2 Å².